The molecule has 0 saturated heterocycles. The normalized spacial score (nSPS) is 12.3. The van der Waals surface area contributed by atoms with Crippen molar-refractivity contribution in [3.05, 3.63) is 0 Å². The molecule has 3 nitrogen and oxygen atoms in total. The largest absolute Gasteiger partial charge is 0.270 e. The molecule has 0 aromatic heterocycles. The first-order chi connectivity index (χ1) is 6.08. The smallest absolute Gasteiger partial charge is 0.270 e. The number of hydrogen-bond acceptors (Lipinski definition) is 3. The molecule has 0 aromatic rings. The van der Waals surface area contributed by atoms with E-state index >= 15 is 0 Å². The van der Waals surface area contributed by atoms with Crippen LogP contribution < -0.4 is 0 Å². The molecule has 0 fully saturated rings. The first kappa shape index (κ1) is 12.9. The van der Waals surface area contributed by atoms with Crippen LogP contribution in [0, 0.1) is 0 Å². The average molecular weight is 208 g/mol. The Labute approximate surface area is 81.6 Å². The zero-order valence-electron chi connectivity index (χ0n) is 8.75. The van der Waals surface area contributed by atoms with Crippen molar-refractivity contribution in [2.75, 3.05) is 6.61 Å². The first-order valence-corrected chi connectivity index (χ1v) is 6.43. The van der Waals surface area contributed by atoms with E-state index in [0.29, 0.717) is 12.8 Å². The summed E-state index contributed by atoms with van der Waals surface area (Å²) in [7, 11) is -3.30. The zero-order chi connectivity index (χ0) is 10.3. The third-order valence-corrected chi connectivity index (χ3v) is 3.76. The summed E-state index contributed by atoms with van der Waals surface area (Å²) in [6.45, 7) is 5.92. The topological polar surface area (TPSA) is 43.4 Å². The lowest BCUT2D eigenvalue weighted by Gasteiger charge is -2.14. The predicted molar refractivity (Wildman–Crippen MR) is 54.1 cm³/mol. The van der Waals surface area contributed by atoms with E-state index < -0.39 is 10.1 Å². The van der Waals surface area contributed by atoms with Gasteiger partial charge in [0.2, 0.25) is 0 Å². The van der Waals surface area contributed by atoms with Gasteiger partial charge >= 0.3 is 0 Å². The van der Waals surface area contributed by atoms with E-state index in [1.165, 1.54) is 0 Å². The lowest BCUT2D eigenvalue weighted by Crippen LogP contribution is -2.23. The quantitative estimate of drug-likeness (QED) is 0.603. The maximum absolute atomic E-state index is 11.5. The standard InChI is InChI=1S/C9H20O3S/c1-4-7-9(8-5-2)13(10,11)12-6-3/h9H,4-8H2,1-3H3. The highest BCUT2D eigenvalue weighted by Crippen LogP contribution is 2.16. The Morgan fingerprint density at radius 3 is 1.85 bits per heavy atom. The molecule has 0 aliphatic rings. The summed E-state index contributed by atoms with van der Waals surface area (Å²) in [5, 5.41) is -0.303. The van der Waals surface area contributed by atoms with Crippen molar-refractivity contribution in [2.45, 2.75) is 51.7 Å². The van der Waals surface area contributed by atoms with Gasteiger partial charge in [-0.05, 0) is 19.8 Å². The average Bonchev–Trinajstić information content (AvgIpc) is 2.04. The van der Waals surface area contributed by atoms with E-state index in [0.717, 1.165) is 12.8 Å². The Morgan fingerprint density at radius 1 is 1.08 bits per heavy atom. The van der Waals surface area contributed by atoms with Crippen LogP contribution in [-0.2, 0) is 14.3 Å². The molecule has 13 heavy (non-hydrogen) atoms. The van der Waals surface area contributed by atoms with Crippen molar-refractivity contribution in [1.29, 1.82) is 0 Å². The Morgan fingerprint density at radius 2 is 1.54 bits per heavy atom. The van der Waals surface area contributed by atoms with Gasteiger partial charge < -0.3 is 0 Å². The van der Waals surface area contributed by atoms with E-state index in [-0.39, 0.29) is 11.9 Å². The fraction of sp³-hybridized carbons (Fsp3) is 1.00. The molecule has 0 heterocycles. The highest BCUT2D eigenvalue weighted by molar-refractivity contribution is 7.87. The molecule has 0 spiro atoms. The van der Waals surface area contributed by atoms with Gasteiger partial charge in [0.05, 0.1) is 11.9 Å². The van der Waals surface area contributed by atoms with Crippen molar-refractivity contribution >= 4 is 10.1 Å². The molecule has 4 heteroatoms. The van der Waals surface area contributed by atoms with Crippen LogP contribution in [0.25, 0.3) is 0 Å². The molecule has 80 valence electrons. The van der Waals surface area contributed by atoms with Crippen molar-refractivity contribution in [2.24, 2.45) is 0 Å². The highest BCUT2D eigenvalue weighted by atomic mass is 32.2. The Balaban J connectivity index is 4.33. The van der Waals surface area contributed by atoms with Gasteiger partial charge in [0, 0.05) is 0 Å². The van der Waals surface area contributed by atoms with Gasteiger partial charge in [-0.25, -0.2) is 0 Å². The molecule has 0 aliphatic carbocycles. The van der Waals surface area contributed by atoms with E-state index in [4.69, 9.17) is 4.18 Å². The van der Waals surface area contributed by atoms with E-state index in [9.17, 15) is 8.42 Å². The summed E-state index contributed by atoms with van der Waals surface area (Å²) in [6, 6.07) is 0. The minimum absolute atomic E-state index is 0.242. The summed E-state index contributed by atoms with van der Waals surface area (Å²) >= 11 is 0. The fourth-order valence-corrected chi connectivity index (χ4v) is 2.91. The summed E-state index contributed by atoms with van der Waals surface area (Å²) in [5.41, 5.74) is 0. The summed E-state index contributed by atoms with van der Waals surface area (Å²) in [6.07, 6.45) is 3.18. The predicted octanol–water partition coefficient (Wildman–Crippen LogP) is 2.32. The van der Waals surface area contributed by atoms with Crippen LogP contribution in [-0.4, -0.2) is 20.3 Å². The van der Waals surface area contributed by atoms with Gasteiger partial charge in [-0.3, -0.25) is 4.18 Å². The first-order valence-electron chi connectivity index (χ1n) is 4.96. The van der Waals surface area contributed by atoms with Crippen LogP contribution in [0.1, 0.15) is 46.5 Å². The summed E-state index contributed by atoms with van der Waals surface area (Å²) in [4.78, 5) is 0. The van der Waals surface area contributed by atoms with E-state index in [1.807, 2.05) is 13.8 Å². The molecule has 0 N–H and O–H groups in total. The molecule has 0 aromatic carbocycles. The summed E-state index contributed by atoms with van der Waals surface area (Å²) < 4.78 is 27.7. The second-order valence-corrected chi connectivity index (χ2v) is 4.99. The minimum Gasteiger partial charge on any atom is -0.270 e. The molecular formula is C9H20O3S. The van der Waals surface area contributed by atoms with Gasteiger partial charge in [0.1, 0.15) is 0 Å². The lowest BCUT2D eigenvalue weighted by atomic mass is 10.2. The summed E-state index contributed by atoms with van der Waals surface area (Å²) in [5.74, 6) is 0. The van der Waals surface area contributed by atoms with Crippen molar-refractivity contribution < 1.29 is 12.6 Å². The molecule has 0 unspecified atom stereocenters. The third-order valence-electron chi connectivity index (χ3n) is 1.91. The van der Waals surface area contributed by atoms with E-state index in [2.05, 4.69) is 0 Å². The Kier molecular flexibility index (Phi) is 6.33. The van der Waals surface area contributed by atoms with Gasteiger partial charge in [0.25, 0.3) is 10.1 Å². The third kappa shape index (κ3) is 4.62. The SMILES string of the molecule is CCCC(CCC)S(=O)(=O)OCC. The molecule has 0 amide bonds. The Bertz CT molecular complexity index is 203. The molecule has 0 atom stereocenters. The minimum atomic E-state index is -3.30. The second kappa shape index (κ2) is 6.38. The van der Waals surface area contributed by atoms with Crippen LogP contribution in [0.2, 0.25) is 0 Å². The zero-order valence-corrected chi connectivity index (χ0v) is 9.56. The lowest BCUT2D eigenvalue weighted by molar-refractivity contribution is 0.326. The molecule has 0 saturated carbocycles. The highest BCUT2D eigenvalue weighted by Gasteiger charge is 2.23. The van der Waals surface area contributed by atoms with Crippen molar-refractivity contribution in [3.8, 4) is 0 Å². The van der Waals surface area contributed by atoms with E-state index in [1.54, 1.807) is 6.92 Å². The van der Waals surface area contributed by atoms with Gasteiger partial charge in [0.15, 0.2) is 0 Å². The van der Waals surface area contributed by atoms with Crippen LogP contribution >= 0.6 is 0 Å². The maximum atomic E-state index is 11.5. The van der Waals surface area contributed by atoms with Crippen LogP contribution in [0.15, 0.2) is 0 Å². The van der Waals surface area contributed by atoms with Crippen LogP contribution in [0.5, 0.6) is 0 Å². The Hall–Kier alpha value is -0.0900. The van der Waals surface area contributed by atoms with Gasteiger partial charge in [-0.1, -0.05) is 26.7 Å². The second-order valence-electron chi connectivity index (χ2n) is 3.10. The molecule has 0 bridgehead atoms. The molecule has 0 rings (SSSR count). The number of rotatable bonds is 7. The maximum Gasteiger partial charge on any atom is 0.270 e. The fourth-order valence-electron chi connectivity index (χ4n) is 1.34. The van der Waals surface area contributed by atoms with Crippen molar-refractivity contribution in [3.63, 3.8) is 0 Å². The number of hydrogen-bond donors (Lipinski definition) is 0. The molecule has 0 aliphatic heterocycles. The molecular weight excluding hydrogens is 188 g/mol. The van der Waals surface area contributed by atoms with Crippen LogP contribution in [0.4, 0.5) is 0 Å². The van der Waals surface area contributed by atoms with Gasteiger partial charge in [-0.15, -0.1) is 0 Å². The van der Waals surface area contributed by atoms with Crippen LogP contribution in [0.3, 0.4) is 0 Å². The van der Waals surface area contributed by atoms with Gasteiger partial charge in [-0.2, -0.15) is 8.42 Å². The molecule has 0 radical (unpaired) electrons. The van der Waals surface area contributed by atoms with Crippen molar-refractivity contribution in [1.82, 2.24) is 0 Å². The monoisotopic (exact) mass is 208 g/mol.